The molecule has 0 atom stereocenters. The van der Waals surface area contributed by atoms with Gasteiger partial charge in [-0.1, -0.05) is 12.1 Å². The van der Waals surface area contributed by atoms with Gasteiger partial charge in [-0.25, -0.2) is 14.8 Å². The van der Waals surface area contributed by atoms with E-state index in [2.05, 4.69) is 35.2 Å². The lowest BCUT2D eigenvalue weighted by molar-refractivity contribution is -0.274. The van der Waals surface area contributed by atoms with Gasteiger partial charge in [-0.2, -0.15) is 0 Å². The number of nitrogens with one attached hydrogen (secondary N) is 2. The maximum atomic E-state index is 13.0. The third-order valence-corrected chi connectivity index (χ3v) is 7.86. The zero-order valence-corrected chi connectivity index (χ0v) is 24.9. The normalized spacial score (nSPS) is 16.6. The number of rotatable bonds is 10. The topological polar surface area (TPSA) is 136 Å². The third-order valence-electron chi connectivity index (χ3n) is 7.05. The molecule has 1 aromatic carbocycles. The van der Waals surface area contributed by atoms with E-state index in [-0.39, 0.29) is 28.3 Å². The number of alkyl halides is 3. The van der Waals surface area contributed by atoms with Crippen molar-refractivity contribution in [2.24, 2.45) is 5.92 Å². The van der Waals surface area contributed by atoms with Gasteiger partial charge in [0.15, 0.2) is 0 Å². The highest BCUT2D eigenvalue weighted by molar-refractivity contribution is 8.18. The molecule has 0 saturated carbocycles. The zero-order valence-electron chi connectivity index (χ0n) is 24.1. The van der Waals surface area contributed by atoms with Crippen molar-refractivity contribution in [3.63, 3.8) is 0 Å². The molecular formula is C30H29F3N6O5S. The first kappa shape index (κ1) is 31.9. The summed E-state index contributed by atoms with van der Waals surface area (Å²) < 4.78 is 48.4. The Morgan fingerprint density at radius 1 is 1.18 bits per heavy atom. The van der Waals surface area contributed by atoms with Gasteiger partial charge >= 0.3 is 12.3 Å². The molecular weight excluding hydrogens is 613 g/mol. The van der Waals surface area contributed by atoms with E-state index in [1.165, 1.54) is 30.5 Å². The van der Waals surface area contributed by atoms with E-state index in [1.54, 1.807) is 31.3 Å². The van der Waals surface area contributed by atoms with Crippen molar-refractivity contribution in [3.05, 3.63) is 70.5 Å². The number of hydrogen-bond donors (Lipinski definition) is 2. The van der Waals surface area contributed by atoms with Crippen LogP contribution in [0.25, 0.3) is 17.3 Å². The summed E-state index contributed by atoms with van der Waals surface area (Å²) in [6.07, 6.45) is 1.53. The summed E-state index contributed by atoms with van der Waals surface area (Å²) in [5, 5.41) is 5.20. The van der Waals surface area contributed by atoms with E-state index < -0.39 is 29.2 Å². The molecule has 2 aliphatic rings. The van der Waals surface area contributed by atoms with Crippen LogP contribution in [0.5, 0.6) is 5.75 Å². The minimum atomic E-state index is -4.91. The Bertz CT molecular complexity index is 1610. The number of pyridine rings is 1. The van der Waals surface area contributed by atoms with Crippen molar-refractivity contribution in [1.82, 2.24) is 25.6 Å². The molecule has 0 unspecified atom stereocenters. The molecule has 2 N–H and O–H groups in total. The smallest absolute Gasteiger partial charge is 0.462 e. The van der Waals surface area contributed by atoms with Crippen LogP contribution in [0.2, 0.25) is 0 Å². The number of thioether (sulfide) groups is 1. The number of amides is 2. The van der Waals surface area contributed by atoms with Crippen molar-refractivity contribution in [2.75, 3.05) is 31.1 Å². The maximum Gasteiger partial charge on any atom is 0.573 e. The molecule has 0 spiro atoms. The second kappa shape index (κ2) is 14.1. The lowest BCUT2D eigenvalue weighted by atomic mass is 9.97. The number of nitrogens with zero attached hydrogens (tertiary/aromatic N) is 4. The highest BCUT2D eigenvalue weighted by Crippen LogP contribution is 2.35. The summed E-state index contributed by atoms with van der Waals surface area (Å²) in [4.78, 5) is 51.7. The molecule has 45 heavy (non-hydrogen) atoms. The first-order valence-electron chi connectivity index (χ1n) is 14.1. The van der Waals surface area contributed by atoms with Crippen LogP contribution in [0.4, 0.5) is 23.9 Å². The van der Waals surface area contributed by atoms with E-state index in [0.29, 0.717) is 36.2 Å². The second-order valence-corrected chi connectivity index (χ2v) is 11.2. The zero-order chi connectivity index (χ0) is 32.0. The van der Waals surface area contributed by atoms with Crippen molar-refractivity contribution in [1.29, 1.82) is 0 Å². The highest BCUT2D eigenvalue weighted by Gasteiger charge is 2.33. The monoisotopic (exact) mass is 642 g/mol. The van der Waals surface area contributed by atoms with Crippen LogP contribution >= 0.6 is 11.8 Å². The largest absolute Gasteiger partial charge is 0.573 e. The summed E-state index contributed by atoms with van der Waals surface area (Å²) in [5.41, 5.74) is 1.30. The predicted octanol–water partition coefficient (Wildman–Crippen LogP) is 4.94. The van der Waals surface area contributed by atoms with Crippen molar-refractivity contribution < 1.29 is 37.0 Å². The number of halogens is 3. The van der Waals surface area contributed by atoms with E-state index in [0.717, 1.165) is 37.7 Å². The fourth-order valence-electron chi connectivity index (χ4n) is 4.97. The van der Waals surface area contributed by atoms with E-state index >= 15 is 0 Å². The number of benzene rings is 1. The van der Waals surface area contributed by atoms with Crippen LogP contribution < -0.4 is 20.3 Å². The Morgan fingerprint density at radius 2 is 1.96 bits per heavy atom. The van der Waals surface area contributed by atoms with Crippen molar-refractivity contribution in [2.45, 2.75) is 32.7 Å². The summed E-state index contributed by atoms with van der Waals surface area (Å²) in [5.74, 6) is -0.698. The van der Waals surface area contributed by atoms with Crippen LogP contribution in [-0.4, -0.2) is 64.7 Å². The Labute approximate surface area is 260 Å². The van der Waals surface area contributed by atoms with Crippen LogP contribution in [0.1, 0.15) is 41.4 Å². The fraction of sp³-hybridized carbons (Fsp3) is 0.333. The maximum absolute atomic E-state index is 13.0. The van der Waals surface area contributed by atoms with Gasteiger partial charge in [0.05, 0.1) is 28.5 Å². The molecule has 15 heteroatoms. The van der Waals surface area contributed by atoms with Gasteiger partial charge < -0.3 is 19.7 Å². The summed E-state index contributed by atoms with van der Waals surface area (Å²) in [7, 11) is 0. The molecule has 0 aliphatic carbocycles. The number of hydrogen-bond acceptors (Lipinski definition) is 11. The molecule has 236 valence electrons. The quantitative estimate of drug-likeness (QED) is 0.230. The molecule has 2 aliphatic heterocycles. The lowest BCUT2D eigenvalue weighted by Crippen LogP contribution is -2.38. The van der Waals surface area contributed by atoms with Crippen molar-refractivity contribution in [3.8, 4) is 17.0 Å². The van der Waals surface area contributed by atoms with Gasteiger partial charge in [0.25, 0.3) is 11.1 Å². The standard InChI is InChI=1S/C30H29F3N6O5S/c1-2-43-27(41)22-13-19(17-36-25(22)21-5-3-4-6-23(21)44-30(31,32)33)16-34-15-18-8-11-39(12-9-18)28-35-10-7-20(37-28)14-24-26(40)38-29(42)45-24/h3-7,10,13-14,17-18,34H,2,8-9,11-12,15-16H2,1H3,(H,38,40,42)/b24-14-. The van der Waals surface area contributed by atoms with Gasteiger partial charge in [0.2, 0.25) is 5.95 Å². The van der Waals surface area contributed by atoms with Gasteiger partial charge in [0.1, 0.15) is 5.75 Å². The molecule has 2 aromatic heterocycles. The SMILES string of the molecule is CCOC(=O)c1cc(CNCC2CCN(c3nccc(/C=C4\SC(=O)NC4=O)n3)CC2)cnc1-c1ccccc1OC(F)(F)F. The Kier molecular flexibility index (Phi) is 9.98. The van der Waals surface area contributed by atoms with Crippen molar-refractivity contribution >= 4 is 40.9 Å². The highest BCUT2D eigenvalue weighted by atomic mass is 32.2. The van der Waals surface area contributed by atoms with Crippen LogP contribution in [0.15, 0.2) is 53.7 Å². The number of carbonyl (C=O) groups excluding carboxylic acids is 3. The molecule has 11 nitrogen and oxygen atoms in total. The third kappa shape index (κ3) is 8.36. The first-order chi connectivity index (χ1) is 21.6. The molecule has 3 aromatic rings. The molecule has 0 radical (unpaired) electrons. The number of anilines is 1. The van der Waals surface area contributed by atoms with Crippen LogP contribution in [0.3, 0.4) is 0 Å². The molecule has 2 amide bonds. The predicted molar refractivity (Wildman–Crippen MR) is 160 cm³/mol. The number of esters is 1. The molecule has 5 rings (SSSR count). The minimum absolute atomic E-state index is 0.0216. The van der Waals surface area contributed by atoms with Crippen LogP contribution in [0, 0.1) is 5.92 Å². The number of aromatic nitrogens is 3. The summed E-state index contributed by atoms with van der Waals surface area (Å²) in [6, 6.07) is 8.76. The molecule has 0 bridgehead atoms. The van der Waals surface area contributed by atoms with Gasteiger partial charge in [-0.3, -0.25) is 19.9 Å². The van der Waals surface area contributed by atoms with Gasteiger partial charge in [-0.15, -0.1) is 13.2 Å². The number of piperidine rings is 1. The summed E-state index contributed by atoms with van der Waals surface area (Å²) in [6.45, 7) is 4.26. The van der Waals surface area contributed by atoms with E-state index in [4.69, 9.17) is 4.74 Å². The number of ether oxygens (including phenoxy) is 2. The van der Waals surface area contributed by atoms with E-state index in [9.17, 15) is 27.6 Å². The molecule has 2 saturated heterocycles. The Morgan fingerprint density at radius 3 is 2.67 bits per heavy atom. The average Bonchev–Trinajstić information content (AvgIpc) is 3.33. The first-order valence-corrected chi connectivity index (χ1v) is 15.0. The van der Waals surface area contributed by atoms with E-state index in [1.807, 2.05) is 0 Å². The Hall–Kier alpha value is -4.50. The number of carbonyl (C=O) groups is 3. The number of para-hydroxylation sites is 1. The molecule has 2 fully saturated rings. The average molecular weight is 643 g/mol. The second-order valence-electron chi connectivity index (χ2n) is 10.2. The molecule has 4 heterocycles. The van der Waals surface area contributed by atoms with Gasteiger partial charge in [-0.05, 0) is 79.9 Å². The van der Waals surface area contributed by atoms with Gasteiger partial charge in [0, 0.05) is 37.6 Å². The minimum Gasteiger partial charge on any atom is -0.462 e. The Balaban J connectivity index is 1.19. The fourth-order valence-corrected chi connectivity index (χ4v) is 5.63. The number of imide groups is 1. The van der Waals surface area contributed by atoms with Crippen LogP contribution in [-0.2, 0) is 16.1 Å². The summed E-state index contributed by atoms with van der Waals surface area (Å²) >= 11 is 0.833. The lowest BCUT2D eigenvalue weighted by Gasteiger charge is -2.32.